The lowest BCUT2D eigenvalue weighted by atomic mass is 9.97. The van der Waals surface area contributed by atoms with Crippen LogP contribution in [0.15, 0.2) is 59.5 Å². The van der Waals surface area contributed by atoms with Crippen LogP contribution in [0.4, 0.5) is 5.69 Å². The molecule has 3 aromatic rings. The number of ketones is 1. The molecule has 34 heavy (non-hydrogen) atoms. The summed E-state index contributed by atoms with van der Waals surface area (Å²) in [5, 5.41) is 3.40. The van der Waals surface area contributed by atoms with Crippen molar-refractivity contribution >= 4 is 29.0 Å². The number of halogens is 1. The molecule has 1 N–H and O–H groups in total. The van der Waals surface area contributed by atoms with Gasteiger partial charge in [-0.3, -0.25) is 14.4 Å². The van der Waals surface area contributed by atoms with Crippen LogP contribution in [0.2, 0.25) is 5.02 Å². The van der Waals surface area contributed by atoms with Gasteiger partial charge in [-0.25, -0.2) is 0 Å². The molecule has 1 amide bonds. The zero-order chi connectivity index (χ0) is 24.4. The first-order chi connectivity index (χ1) is 16.3. The third-order valence-corrected chi connectivity index (χ3v) is 6.33. The topological polar surface area (TPSA) is 77.4 Å². The quantitative estimate of drug-likeness (QED) is 0.432. The number of methoxy groups -OCH3 is 1. The van der Waals surface area contributed by atoms with Crippen molar-refractivity contribution in [3.05, 3.63) is 81.2 Å². The minimum Gasteiger partial charge on any atom is -0.495 e. The lowest BCUT2D eigenvalue weighted by molar-refractivity contribution is -0.117. The lowest BCUT2D eigenvalue weighted by Crippen LogP contribution is -2.24. The largest absolute Gasteiger partial charge is 0.495 e. The standard InChI is InChI=1S/C27H27ClN2O4/c1-16(12-18-4-9-21(10-5-18)29-27(33)19-6-7-19)30-15-25(34-3)24(14-26(30)32)23-13-20(28)8-11-22(23)17(2)31/h4-5,8-11,13-16,19H,6-7,12H2,1-3H3,(H,29,33). The number of hydrogen-bond donors (Lipinski definition) is 1. The van der Waals surface area contributed by atoms with E-state index >= 15 is 0 Å². The Labute approximate surface area is 203 Å². The average molecular weight is 479 g/mol. The fourth-order valence-corrected chi connectivity index (χ4v) is 4.22. The van der Waals surface area contributed by atoms with Gasteiger partial charge in [-0.1, -0.05) is 23.7 Å². The van der Waals surface area contributed by atoms with Gasteiger partial charge in [0.1, 0.15) is 5.75 Å². The SMILES string of the molecule is COc1cn(C(C)Cc2ccc(NC(=O)C3CC3)cc2)c(=O)cc1-c1cc(Cl)ccc1C(C)=O. The Kier molecular flexibility index (Phi) is 6.89. The Bertz CT molecular complexity index is 1290. The summed E-state index contributed by atoms with van der Waals surface area (Å²) in [5.41, 5.74) is 3.18. The first-order valence-electron chi connectivity index (χ1n) is 11.3. The van der Waals surface area contributed by atoms with Gasteiger partial charge in [-0.2, -0.15) is 0 Å². The molecule has 0 spiro atoms. The van der Waals surface area contributed by atoms with E-state index in [4.69, 9.17) is 16.3 Å². The number of nitrogens with zero attached hydrogens (tertiary/aromatic N) is 1. The third kappa shape index (κ3) is 5.23. The molecule has 1 aliphatic rings. The minimum absolute atomic E-state index is 0.0764. The summed E-state index contributed by atoms with van der Waals surface area (Å²) in [7, 11) is 1.53. The van der Waals surface area contributed by atoms with E-state index < -0.39 is 0 Å². The minimum atomic E-state index is -0.203. The molecule has 1 fully saturated rings. The molecule has 1 aliphatic carbocycles. The van der Waals surface area contributed by atoms with Gasteiger partial charge in [0.15, 0.2) is 5.78 Å². The number of aromatic nitrogens is 1. The zero-order valence-corrected chi connectivity index (χ0v) is 20.2. The molecule has 0 bridgehead atoms. The number of pyridine rings is 1. The van der Waals surface area contributed by atoms with Crippen molar-refractivity contribution in [1.29, 1.82) is 0 Å². The molecule has 1 aromatic heterocycles. The number of carbonyl (C=O) groups excluding carboxylic acids is 2. The van der Waals surface area contributed by atoms with E-state index in [1.807, 2.05) is 31.2 Å². The highest BCUT2D eigenvalue weighted by Gasteiger charge is 2.29. The highest BCUT2D eigenvalue weighted by Crippen LogP contribution is 2.34. The molecule has 0 saturated heterocycles. The summed E-state index contributed by atoms with van der Waals surface area (Å²) in [5.74, 6) is 0.591. The van der Waals surface area contributed by atoms with Gasteiger partial charge in [0.25, 0.3) is 5.56 Å². The number of amides is 1. The average Bonchev–Trinajstić information content (AvgIpc) is 3.65. The molecule has 1 heterocycles. The summed E-state index contributed by atoms with van der Waals surface area (Å²) in [6.45, 7) is 3.44. The van der Waals surface area contributed by atoms with Crippen LogP contribution in [-0.4, -0.2) is 23.4 Å². The number of Topliss-reactive ketones (excluding diaryl/α,β-unsaturated/α-hetero) is 1. The normalized spacial score (nSPS) is 13.9. The molecule has 176 valence electrons. The van der Waals surface area contributed by atoms with Crippen LogP contribution in [0.5, 0.6) is 5.75 Å². The van der Waals surface area contributed by atoms with Gasteiger partial charge in [0.2, 0.25) is 5.91 Å². The van der Waals surface area contributed by atoms with Crippen molar-refractivity contribution in [2.75, 3.05) is 12.4 Å². The molecule has 1 unspecified atom stereocenters. The molecule has 4 rings (SSSR count). The van der Waals surface area contributed by atoms with Crippen molar-refractivity contribution in [1.82, 2.24) is 4.57 Å². The summed E-state index contributed by atoms with van der Waals surface area (Å²) in [4.78, 5) is 37.1. The Morgan fingerprint density at radius 2 is 1.82 bits per heavy atom. The van der Waals surface area contributed by atoms with Gasteiger partial charge in [-0.15, -0.1) is 0 Å². The fraction of sp³-hybridized carbons (Fsp3) is 0.296. The van der Waals surface area contributed by atoms with Crippen molar-refractivity contribution in [3.8, 4) is 16.9 Å². The smallest absolute Gasteiger partial charge is 0.251 e. The van der Waals surface area contributed by atoms with Crippen LogP contribution in [0, 0.1) is 5.92 Å². The van der Waals surface area contributed by atoms with Crippen LogP contribution in [0.1, 0.15) is 48.7 Å². The Morgan fingerprint density at radius 1 is 1.12 bits per heavy atom. The Morgan fingerprint density at radius 3 is 2.44 bits per heavy atom. The Hall–Kier alpha value is -3.38. The predicted molar refractivity (Wildman–Crippen MR) is 134 cm³/mol. The maximum absolute atomic E-state index is 13.1. The van der Waals surface area contributed by atoms with Crippen LogP contribution in [0.3, 0.4) is 0 Å². The van der Waals surface area contributed by atoms with Gasteiger partial charge in [-0.05, 0) is 74.6 Å². The van der Waals surface area contributed by atoms with Crippen molar-refractivity contribution in [2.24, 2.45) is 5.92 Å². The van der Waals surface area contributed by atoms with Gasteiger partial charge in [0, 0.05) is 39.9 Å². The maximum Gasteiger partial charge on any atom is 0.251 e. The molecule has 1 saturated carbocycles. The van der Waals surface area contributed by atoms with E-state index in [1.54, 1.807) is 29.0 Å². The van der Waals surface area contributed by atoms with Crippen LogP contribution in [0.25, 0.3) is 11.1 Å². The number of ether oxygens (including phenoxy) is 1. The van der Waals surface area contributed by atoms with E-state index in [0.717, 1.165) is 24.1 Å². The van der Waals surface area contributed by atoms with Crippen molar-refractivity contribution in [3.63, 3.8) is 0 Å². The molecule has 2 aromatic carbocycles. The molecule has 0 radical (unpaired) electrons. The number of nitrogens with one attached hydrogen (secondary N) is 1. The number of anilines is 1. The maximum atomic E-state index is 13.1. The van der Waals surface area contributed by atoms with E-state index in [0.29, 0.717) is 33.9 Å². The highest BCUT2D eigenvalue weighted by atomic mass is 35.5. The van der Waals surface area contributed by atoms with Crippen LogP contribution < -0.4 is 15.6 Å². The van der Waals surface area contributed by atoms with Gasteiger partial charge in [0.05, 0.1) is 13.3 Å². The van der Waals surface area contributed by atoms with Crippen LogP contribution in [-0.2, 0) is 11.2 Å². The third-order valence-electron chi connectivity index (χ3n) is 6.09. The Balaban J connectivity index is 1.58. The number of rotatable bonds is 8. The second kappa shape index (κ2) is 9.85. The number of hydrogen-bond acceptors (Lipinski definition) is 4. The van der Waals surface area contributed by atoms with E-state index in [1.165, 1.54) is 20.1 Å². The van der Waals surface area contributed by atoms with Crippen LogP contribution >= 0.6 is 11.6 Å². The lowest BCUT2D eigenvalue weighted by Gasteiger charge is -2.19. The van der Waals surface area contributed by atoms with E-state index in [9.17, 15) is 14.4 Å². The monoisotopic (exact) mass is 478 g/mol. The van der Waals surface area contributed by atoms with E-state index in [2.05, 4.69) is 5.32 Å². The number of benzene rings is 2. The summed E-state index contributed by atoms with van der Waals surface area (Å²) >= 11 is 6.18. The van der Waals surface area contributed by atoms with Gasteiger partial charge < -0.3 is 14.6 Å². The van der Waals surface area contributed by atoms with Crippen molar-refractivity contribution in [2.45, 2.75) is 39.2 Å². The van der Waals surface area contributed by atoms with E-state index in [-0.39, 0.29) is 29.2 Å². The first-order valence-corrected chi connectivity index (χ1v) is 11.7. The molecule has 6 nitrogen and oxygen atoms in total. The summed E-state index contributed by atoms with van der Waals surface area (Å²) in [6.07, 6.45) is 4.23. The molecule has 1 atom stereocenters. The van der Waals surface area contributed by atoms with Gasteiger partial charge >= 0.3 is 0 Å². The summed E-state index contributed by atoms with van der Waals surface area (Å²) in [6, 6.07) is 14.0. The fourth-order valence-electron chi connectivity index (χ4n) is 4.05. The molecule has 7 heteroatoms. The summed E-state index contributed by atoms with van der Waals surface area (Å²) < 4.78 is 7.22. The first kappa shape index (κ1) is 23.8. The predicted octanol–water partition coefficient (Wildman–Crippen LogP) is 5.53. The highest BCUT2D eigenvalue weighted by molar-refractivity contribution is 6.31. The number of carbonyl (C=O) groups is 2. The molecular formula is C27H27ClN2O4. The molecule has 0 aliphatic heterocycles. The molecular weight excluding hydrogens is 452 g/mol. The second-order valence-electron chi connectivity index (χ2n) is 8.76. The zero-order valence-electron chi connectivity index (χ0n) is 19.4. The second-order valence-corrected chi connectivity index (χ2v) is 9.20. The van der Waals surface area contributed by atoms with Crippen molar-refractivity contribution < 1.29 is 14.3 Å².